The smallest absolute Gasteiger partial charge is 0.237 e. The number of nitrogens with one attached hydrogen (secondary N) is 1. The minimum absolute atomic E-state index is 0.0509. The Kier molecular flexibility index (Phi) is 4.72. The number of nitrogens with zero attached hydrogens (tertiary/aromatic N) is 1. The molecule has 0 aromatic rings. The average Bonchev–Trinajstić information content (AvgIpc) is 2.47. The van der Waals surface area contributed by atoms with Crippen molar-refractivity contribution in [1.29, 1.82) is 0 Å². The summed E-state index contributed by atoms with van der Waals surface area (Å²) in [5, 5.41) is 3.19. The van der Waals surface area contributed by atoms with Gasteiger partial charge in [-0.15, -0.1) is 0 Å². The largest absolute Gasteiger partial charge is 0.377 e. The maximum atomic E-state index is 11.8. The maximum absolute atomic E-state index is 11.8. The van der Waals surface area contributed by atoms with E-state index in [4.69, 9.17) is 10.5 Å². The van der Waals surface area contributed by atoms with Gasteiger partial charge in [0.05, 0.1) is 11.1 Å². The van der Waals surface area contributed by atoms with E-state index in [0.29, 0.717) is 6.04 Å². The molecule has 3 unspecified atom stereocenters. The normalized spacial score (nSPS) is 39.6. The molecule has 1 heterocycles. The van der Waals surface area contributed by atoms with Gasteiger partial charge in [-0.2, -0.15) is 0 Å². The fourth-order valence-corrected chi connectivity index (χ4v) is 3.85. The van der Waals surface area contributed by atoms with Crippen LogP contribution in [-0.4, -0.2) is 55.2 Å². The number of hydrogen-bond donors (Lipinski definition) is 2. The van der Waals surface area contributed by atoms with Crippen molar-refractivity contribution in [2.75, 3.05) is 27.2 Å². The van der Waals surface area contributed by atoms with Crippen LogP contribution in [0.4, 0.5) is 0 Å². The molecule has 2 fully saturated rings. The van der Waals surface area contributed by atoms with Crippen LogP contribution >= 0.6 is 0 Å². The third-order valence-corrected chi connectivity index (χ3v) is 5.37. The van der Waals surface area contributed by atoms with Gasteiger partial charge in [-0.3, -0.25) is 9.69 Å². The highest BCUT2D eigenvalue weighted by Crippen LogP contribution is 2.34. The summed E-state index contributed by atoms with van der Waals surface area (Å²) in [6, 6.07) is 0.429. The van der Waals surface area contributed by atoms with Crippen molar-refractivity contribution < 1.29 is 9.53 Å². The topological polar surface area (TPSA) is 67.6 Å². The second-order valence-electron chi connectivity index (χ2n) is 6.67. The van der Waals surface area contributed by atoms with Crippen LogP contribution in [0.15, 0.2) is 0 Å². The second kappa shape index (κ2) is 6.00. The monoisotopic (exact) mass is 283 g/mol. The van der Waals surface area contributed by atoms with E-state index in [1.807, 2.05) is 7.05 Å². The Morgan fingerprint density at radius 3 is 2.75 bits per heavy atom. The first-order chi connectivity index (χ1) is 9.45. The Labute approximate surface area is 122 Å². The summed E-state index contributed by atoms with van der Waals surface area (Å²) in [4.78, 5) is 14.3. The predicted molar refractivity (Wildman–Crippen MR) is 79.5 cm³/mol. The number of primary amides is 1. The third kappa shape index (κ3) is 3.00. The SMILES string of the molecule is CNC1(C(N)=O)CCCC(N2CCCC(C)(OC)C2)C1. The van der Waals surface area contributed by atoms with Gasteiger partial charge in [0.15, 0.2) is 0 Å². The predicted octanol–water partition coefficient (Wildman–Crippen LogP) is 0.873. The average molecular weight is 283 g/mol. The van der Waals surface area contributed by atoms with Crippen LogP contribution in [0, 0.1) is 0 Å². The lowest BCUT2D eigenvalue weighted by Gasteiger charge is -2.47. The zero-order valence-corrected chi connectivity index (χ0v) is 13.1. The summed E-state index contributed by atoms with van der Waals surface area (Å²) < 4.78 is 5.68. The zero-order chi connectivity index (χ0) is 14.8. The molecule has 20 heavy (non-hydrogen) atoms. The molecule has 116 valence electrons. The van der Waals surface area contributed by atoms with Crippen LogP contribution in [0.5, 0.6) is 0 Å². The zero-order valence-electron chi connectivity index (χ0n) is 13.1. The number of likely N-dealkylation sites (N-methyl/N-ethyl adjacent to an activating group) is 1. The highest BCUT2D eigenvalue weighted by molar-refractivity contribution is 5.84. The number of piperidine rings is 1. The highest BCUT2D eigenvalue weighted by Gasteiger charge is 2.43. The number of hydrogen-bond acceptors (Lipinski definition) is 4. The van der Waals surface area contributed by atoms with E-state index in [0.717, 1.165) is 51.6 Å². The molecule has 3 N–H and O–H groups in total. The summed E-state index contributed by atoms with van der Waals surface area (Å²) >= 11 is 0. The number of ether oxygens (including phenoxy) is 1. The molecule has 0 aromatic carbocycles. The molecule has 1 amide bonds. The van der Waals surface area contributed by atoms with Crippen molar-refractivity contribution in [2.45, 2.75) is 62.6 Å². The van der Waals surface area contributed by atoms with Gasteiger partial charge in [0, 0.05) is 19.7 Å². The van der Waals surface area contributed by atoms with Gasteiger partial charge < -0.3 is 15.8 Å². The minimum atomic E-state index is -0.524. The third-order valence-electron chi connectivity index (χ3n) is 5.37. The number of likely N-dealkylation sites (tertiary alicyclic amines) is 1. The van der Waals surface area contributed by atoms with Crippen LogP contribution < -0.4 is 11.1 Å². The molecule has 0 aromatic heterocycles. The Morgan fingerprint density at radius 1 is 1.40 bits per heavy atom. The Bertz CT molecular complexity index is 363. The molecule has 0 spiro atoms. The Balaban J connectivity index is 2.07. The van der Waals surface area contributed by atoms with E-state index in [2.05, 4.69) is 17.1 Å². The van der Waals surface area contributed by atoms with Crippen molar-refractivity contribution in [3.8, 4) is 0 Å². The highest BCUT2D eigenvalue weighted by atomic mass is 16.5. The van der Waals surface area contributed by atoms with Gasteiger partial charge in [-0.1, -0.05) is 0 Å². The molecule has 5 nitrogen and oxygen atoms in total. The minimum Gasteiger partial charge on any atom is -0.377 e. The van der Waals surface area contributed by atoms with Crippen LogP contribution in [-0.2, 0) is 9.53 Å². The Hall–Kier alpha value is -0.650. The molecule has 1 saturated carbocycles. The number of amides is 1. The second-order valence-corrected chi connectivity index (χ2v) is 6.67. The lowest BCUT2D eigenvalue weighted by atomic mass is 9.77. The maximum Gasteiger partial charge on any atom is 0.237 e. The molecular weight excluding hydrogens is 254 g/mol. The van der Waals surface area contributed by atoms with Crippen LogP contribution in [0.3, 0.4) is 0 Å². The number of carbonyl (C=O) groups is 1. The molecule has 3 atom stereocenters. The molecule has 1 aliphatic carbocycles. The number of rotatable bonds is 4. The first kappa shape index (κ1) is 15.7. The van der Waals surface area contributed by atoms with Gasteiger partial charge in [0.25, 0.3) is 0 Å². The quantitative estimate of drug-likeness (QED) is 0.803. The van der Waals surface area contributed by atoms with E-state index in [1.54, 1.807) is 7.11 Å². The van der Waals surface area contributed by atoms with Gasteiger partial charge in [0.2, 0.25) is 5.91 Å². The van der Waals surface area contributed by atoms with E-state index < -0.39 is 5.54 Å². The number of carbonyl (C=O) groups excluding carboxylic acids is 1. The molecule has 1 saturated heterocycles. The van der Waals surface area contributed by atoms with Crippen molar-refractivity contribution in [2.24, 2.45) is 5.73 Å². The summed E-state index contributed by atoms with van der Waals surface area (Å²) in [7, 11) is 3.65. The van der Waals surface area contributed by atoms with Crippen molar-refractivity contribution in [1.82, 2.24) is 10.2 Å². The van der Waals surface area contributed by atoms with Gasteiger partial charge in [-0.05, 0) is 59.0 Å². The first-order valence-electron chi connectivity index (χ1n) is 7.73. The van der Waals surface area contributed by atoms with Crippen molar-refractivity contribution in [3.05, 3.63) is 0 Å². The molecule has 0 bridgehead atoms. The van der Waals surface area contributed by atoms with Gasteiger partial charge in [0.1, 0.15) is 0 Å². The Morgan fingerprint density at radius 2 is 2.15 bits per heavy atom. The van der Waals surface area contributed by atoms with Crippen molar-refractivity contribution in [3.63, 3.8) is 0 Å². The van der Waals surface area contributed by atoms with Crippen LogP contribution in [0.1, 0.15) is 45.4 Å². The van der Waals surface area contributed by atoms with Crippen LogP contribution in [0.25, 0.3) is 0 Å². The van der Waals surface area contributed by atoms with Crippen LogP contribution in [0.2, 0.25) is 0 Å². The van der Waals surface area contributed by atoms with Crippen molar-refractivity contribution >= 4 is 5.91 Å². The van der Waals surface area contributed by atoms with E-state index >= 15 is 0 Å². The number of methoxy groups -OCH3 is 1. The molecule has 0 radical (unpaired) electrons. The summed E-state index contributed by atoms with van der Waals surface area (Å²) in [5.74, 6) is -0.212. The molecule has 5 heteroatoms. The van der Waals surface area contributed by atoms with E-state index in [9.17, 15) is 4.79 Å². The first-order valence-corrected chi connectivity index (χ1v) is 7.73. The number of nitrogens with two attached hydrogens (primary N) is 1. The van der Waals surface area contributed by atoms with E-state index in [-0.39, 0.29) is 11.5 Å². The fourth-order valence-electron chi connectivity index (χ4n) is 3.85. The lowest BCUT2D eigenvalue weighted by molar-refractivity contribution is -0.127. The summed E-state index contributed by atoms with van der Waals surface area (Å²) in [6.07, 6.45) is 6.14. The summed E-state index contributed by atoms with van der Waals surface area (Å²) in [5.41, 5.74) is 5.06. The lowest BCUT2D eigenvalue weighted by Crippen LogP contribution is -2.61. The summed E-state index contributed by atoms with van der Waals surface area (Å²) in [6.45, 7) is 4.23. The molecule has 2 aliphatic rings. The fraction of sp³-hybridized carbons (Fsp3) is 0.933. The standard InChI is InChI=1S/C15H29N3O2/c1-14(20-3)7-5-9-18(11-14)12-6-4-8-15(10-12,17-2)13(16)19/h12,17H,4-11H2,1-3H3,(H2,16,19). The molecule has 1 aliphatic heterocycles. The van der Waals surface area contributed by atoms with Gasteiger partial charge >= 0.3 is 0 Å². The molecule has 2 rings (SSSR count). The van der Waals surface area contributed by atoms with Gasteiger partial charge in [-0.25, -0.2) is 0 Å². The molecular formula is C15H29N3O2. The van der Waals surface area contributed by atoms with E-state index in [1.165, 1.54) is 0 Å².